The molecule has 0 fully saturated rings. The number of carbonyl (C=O) groups is 1. The number of aromatic carboxylic acids is 1. The highest BCUT2D eigenvalue weighted by Crippen LogP contribution is 2.41. The lowest BCUT2D eigenvalue weighted by Crippen LogP contribution is -2.19. The van der Waals surface area contributed by atoms with Gasteiger partial charge in [-0.1, -0.05) is 11.6 Å². The fourth-order valence-corrected chi connectivity index (χ4v) is 2.50. The number of nitrogens with zero attached hydrogens (tertiary/aromatic N) is 2. The molecule has 4 nitrogen and oxygen atoms in total. The largest absolute Gasteiger partial charge is 0.476 e. The molecule has 22 heavy (non-hydrogen) atoms. The van der Waals surface area contributed by atoms with E-state index in [4.69, 9.17) is 16.7 Å². The van der Waals surface area contributed by atoms with E-state index in [1.807, 2.05) is 0 Å². The predicted molar refractivity (Wildman–Crippen MR) is 66.3 cm³/mol. The Morgan fingerprint density at radius 1 is 1.27 bits per heavy atom. The van der Waals surface area contributed by atoms with Crippen LogP contribution in [-0.4, -0.2) is 21.0 Å². The van der Waals surface area contributed by atoms with Crippen LogP contribution in [-0.2, 0) is 12.1 Å². The summed E-state index contributed by atoms with van der Waals surface area (Å²) in [6.45, 7) is 0. The van der Waals surface area contributed by atoms with E-state index in [2.05, 4.69) is 9.97 Å². The number of carboxylic acids is 1. The Hall–Kier alpha value is -1.81. The first-order chi connectivity index (χ1) is 10.0. The summed E-state index contributed by atoms with van der Waals surface area (Å²) >= 11 is 5.79. The highest BCUT2D eigenvalue weighted by Gasteiger charge is 2.42. The summed E-state index contributed by atoms with van der Waals surface area (Å²) in [6, 6.07) is 0.323. The van der Waals surface area contributed by atoms with Gasteiger partial charge in [0.05, 0.1) is 10.6 Å². The zero-order valence-electron chi connectivity index (χ0n) is 10.2. The molecule has 0 unspecified atom stereocenters. The first-order valence-corrected chi connectivity index (χ1v) is 6.59. The molecule has 0 amide bonds. The van der Waals surface area contributed by atoms with E-state index in [0.717, 1.165) is 5.38 Å². The van der Waals surface area contributed by atoms with Gasteiger partial charge >= 0.3 is 18.1 Å². The van der Waals surface area contributed by atoms with Gasteiger partial charge in [0.1, 0.15) is 5.69 Å². The van der Waals surface area contributed by atoms with Crippen LogP contribution in [0.2, 0.25) is 5.02 Å². The Morgan fingerprint density at radius 2 is 1.91 bits per heavy atom. The molecule has 0 bridgehead atoms. The van der Waals surface area contributed by atoms with Crippen molar-refractivity contribution in [2.45, 2.75) is 12.1 Å². The molecule has 0 atom stereocenters. The van der Waals surface area contributed by atoms with Crippen molar-refractivity contribution in [3.63, 3.8) is 0 Å². The smallest absolute Gasteiger partial charge is 0.417 e. The lowest BCUT2D eigenvalue weighted by atomic mass is 10.2. The molecule has 1 N–H and O–H groups in total. The van der Waals surface area contributed by atoms with Crippen LogP contribution >= 0.6 is 22.9 Å². The number of carboxylic acid groups (broad SMARTS) is 1. The average molecular weight is 359 g/mol. The van der Waals surface area contributed by atoms with Crippen molar-refractivity contribution in [2.75, 3.05) is 0 Å². The van der Waals surface area contributed by atoms with E-state index in [1.54, 1.807) is 0 Å². The van der Waals surface area contributed by atoms with E-state index in [0.29, 0.717) is 17.4 Å². The van der Waals surface area contributed by atoms with Crippen molar-refractivity contribution in [3.05, 3.63) is 44.6 Å². The first kappa shape index (κ1) is 16.6. The Labute approximate surface area is 128 Å². The third-order valence-corrected chi connectivity index (χ3v) is 3.66. The fraction of sp³-hybridized carbons (Fsp3) is 0.182. The lowest BCUT2D eigenvalue weighted by Gasteiger charge is -2.15. The number of rotatable bonds is 3. The van der Waals surface area contributed by atoms with E-state index in [9.17, 15) is 26.7 Å². The molecule has 0 aliphatic rings. The predicted octanol–water partition coefficient (Wildman–Crippen LogP) is 4.05. The van der Waals surface area contributed by atoms with Gasteiger partial charge in [-0.3, -0.25) is 4.98 Å². The molecule has 0 aliphatic carbocycles. The number of thiazole rings is 1. The second kappa shape index (κ2) is 5.43. The topological polar surface area (TPSA) is 63.1 Å². The number of alkyl halides is 5. The van der Waals surface area contributed by atoms with Crippen molar-refractivity contribution >= 4 is 28.9 Å². The molecule has 0 saturated heterocycles. The minimum absolute atomic E-state index is 0.223. The zero-order chi connectivity index (χ0) is 16.7. The molecule has 0 saturated carbocycles. The summed E-state index contributed by atoms with van der Waals surface area (Å²) in [7, 11) is 0. The number of aromatic nitrogens is 2. The summed E-state index contributed by atoms with van der Waals surface area (Å²) < 4.78 is 65.7. The van der Waals surface area contributed by atoms with Gasteiger partial charge in [-0.2, -0.15) is 22.0 Å². The SMILES string of the molecule is O=C(O)c1csc(C(F)(F)c2ncc(C(F)(F)F)cc2Cl)n1. The van der Waals surface area contributed by atoms with Crippen LogP contribution in [0.15, 0.2) is 17.6 Å². The van der Waals surface area contributed by atoms with Crippen LogP contribution in [0.3, 0.4) is 0 Å². The Kier molecular flexibility index (Phi) is 4.09. The maximum Gasteiger partial charge on any atom is 0.417 e. The first-order valence-electron chi connectivity index (χ1n) is 5.34. The Morgan fingerprint density at radius 3 is 2.36 bits per heavy atom. The van der Waals surface area contributed by atoms with Gasteiger partial charge in [0.2, 0.25) is 0 Å². The van der Waals surface area contributed by atoms with E-state index < -0.39 is 45.0 Å². The van der Waals surface area contributed by atoms with Crippen LogP contribution in [0.4, 0.5) is 22.0 Å². The number of halogens is 6. The second-order valence-corrected chi connectivity index (χ2v) is 5.23. The Bertz CT molecular complexity index is 732. The highest BCUT2D eigenvalue weighted by molar-refractivity contribution is 7.10. The zero-order valence-corrected chi connectivity index (χ0v) is 11.7. The maximum absolute atomic E-state index is 14.2. The summed E-state index contributed by atoms with van der Waals surface area (Å²) in [4.78, 5) is 16.9. The minimum Gasteiger partial charge on any atom is -0.476 e. The molecular formula is C11H4ClF5N2O2S. The van der Waals surface area contributed by atoms with Crippen LogP contribution < -0.4 is 0 Å². The van der Waals surface area contributed by atoms with Gasteiger partial charge < -0.3 is 5.11 Å². The van der Waals surface area contributed by atoms with Crippen molar-refractivity contribution < 1.29 is 31.9 Å². The van der Waals surface area contributed by atoms with Crippen molar-refractivity contribution in [1.29, 1.82) is 0 Å². The van der Waals surface area contributed by atoms with Crippen molar-refractivity contribution in [1.82, 2.24) is 9.97 Å². The summed E-state index contributed by atoms with van der Waals surface area (Å²) in [5.41, 5.74) is -3.02. The van der Waals surface area contributed by atoms with Gasteiger partial charge in [-0.15, -0.1) is 11.3 Å². The van der Waals surface area contributed by atoms with Gasteiger partial charge in [-0.25, -0.2) is 9.78 Å². The summed E-state index contributed by atoms with van der Waals surface area (Å²) in [5.74, 6) is -5.43. The molecule has 0 aliphatic heterocycles. The van der Waals surface area contributed by atoms with Crippen molar-refractivity contribution in [2.24, 2.45) is 0 Å². The molecule has 2 heterocycles. The Balaban J connectivity index is 2.46. The molecule has 2 aromatic rings. The van der Waals surface area contributed by atoms with Crippen LogP contribution in [0.25, 0.3) is 0 Å². The average Bonchev–Trinajstić information content (AvgIpc) is 2.87. The van der Waals surface area contributed by atoms with Crippen molar-refractivity contribution in [3.8, 4) is 0 Å². The van der Waals surface area contributed by atoms with Crippen LogP contribution in [0, 0.1) is 0 Å². The number of hydrogen-bond acceptors (Lipinski definition) is 4. The van der Waals surface area contributed by atoms with Crippen LogP contribution in [0.5, 0.6) is 0 Å². The van der Waals surface area contributed by atoms with Crippen LogP contribution in [0.1, 0.15) is 26.8 Å². The second-order valence-electron chi connectivity index (χ2n) is 3.97. The third kappa shape index (κ3) is 3.02. The highest BCUT2D eigenvalue weighted by atomic mass is 35.5. The molecule has 118 valence electrons. The molecule has 0 aromatic carbocycles. The molecule has 11 heteroatoms. The summed E-state index contributed by atoms with van der Waals surface area (Å²) in [6.07, 6.45) is -4.55. The molecule has 0 radical (unpaired) electrons. The molecular weight excluding hydrogens is 355 g/mol. The van der Waals surface area contributed by atoms with E-state index in [1.165, 1.54) is 0 Å². The summed E-state index contributed by atoms with van der Waals surface area (Å²) in [5, 5.41) is 7.70. The van der Waals surface area contributed by atoms with Gasteiger partial charge in [-0.05, 0) is 6.07 Å². The van der Waals surface area contributed by atoms with Gasteiger partial charge in [0.15, 0.2) is 10.7 Å². The van der Waals surface area contributed by atoms with Gasteiger partial charge in [0, 0.05) is 11.6 Å². The lowest BCUT2D eigenvalue weighted by molar-refractivity contribution is -0.137. The number of hydrogen-bond donors (Lipinski definition) is 1. The molecule has 2 rings (SSSR count). The fourth-order valence-electron chi connectivity index (χ4n) is 1.44. The quantitative estimate of drug-likeness (QED) is 0.841. The monoisotopic (exact) mass is 358 g/mol. The van der Waals surface area contributed by atoms with E-state index in [-0.39, 0.29) is 6.20 Å². The van der Waals surface area contributed by atoms with E-state index >= 15 is 0 Å². The van der Waals surface area contributed by atoms with Gasteiger partial charge in [0.25, 0.3) is 0 Å². The number of pyridine rings is 1. The third-order valence-electron chi connectivity index (χ3n) is 2.46. The minimum atomic E-state index is -4.78. The molecule has 2 aromatic heterocycles. The maximum atomic E-state index is 14.2. The standard InChI is InChI=1S/C11H4ClF5N2O2S/c12-5-1-4(11(15,16)17)2-18-7(5)10(13,14)9-19-6(3-22-9)8(20)21/h1-3H,(H,20,21). The molecule has 0 spiro atoms. The normalized spacial score (nSPS) is 12.5.